The van der Waals surface area contributed by atoms with Gasteiger partial charge in [0.15, 0.2) is 0 Å². The molecule has 0 aliphatic heterocycles. The average molecular weight is 282 g/mol. The van der Waals surface area contributed by atoms with Crippen molar-refractivity contribution >= 4 is 10.6 Å². The van der Waals surface area contributed by atoms with Crippen molar-refractivity contribution in [1.29, 1.82) is 0 Å². The summed E-state index contributed by atoms with van der Waals surface area (Å²) in [6.07, 6.45) is 3.89. The molecule has 0 N–H and O–H groups in total. The molecule has 92 valence electrons. The summed E-state index contributed by atoms with van der Waals surface area (Å²) < 4.78 is 28.2. The molecule has 4 nitrogen and oxygen atoms in total. The molecule has 0 aliphatic rings. The van der Waals surface area contributed by atoms with Gasteiger partial charge in [0, 0.05) is 0 Å². The van der Waals surface area contributed by atoms with Gasteiger partial charge >= 0.3 is 114 Å². The zero-order valence-corrected chi connectivity index (χ0v) is 10.9. The summed E-state index contributed by atoms with van der Waals surface area (Å²) in [7, 11) is 1.64. The van der Waals surface area contributed by atoms with E-state index in [1.165, 1.54) is 5.56 Å². The third-order valence-electron chi connectivity index (χ3n) is 1.41. The van der Waals surface area contributed by atoms with Gasteiger partial charge in [0.1, 0.15) is 0 Å². The SMILES string of the molecule is CO[C](=[Cr])/C=C/c1ccccc1.[C-]#[O+].[C-]#[O+].[C-]#[O+]. The molecular formula is C13H10CrO4. The van der Waals surface area contributed by atoms with Gasteiger partial charge in [0.2, 0.25) is 0 Å². The summed E-state index contributed by atoms with van der Waals surface area (Å²) >= 11 is 2.80. The van der Waals surface area contributed by atoms with Crippen LogP contribution >= 0.6 is 0 Å². The van der Waals surface area contributed by atoms with Crippen molar-refractivity contribution in [1.82, 2.24) is 0 Å². The maximum atomic E-state index is 7.50. The van der Waals surface area contributed by atoms with Gasteiger partial charge in [-0.2, -0.15) is 0 Å². The van der Waals surface area contributed by atoms with Crippen molar-refractivity contribution < 1.29 is 34.5 Å². The predicted octanol–water partition coefficient (Wildman–Crippen LogP) is 1.91. The molecule has 0 heterocycles. The second-order valence-electron chi connectivity index (χ2n) is 2.27. The standard InChI is InChI=1S/C10H10O.3CO.Cr/c1-11-9-5-8-10-6-3-2-4-7-10;3*1-2;/h2-8H,1H3;;;;/b8-5+;;;;. The molecule has 0 amide bonds. The van der Waals surface area contributed by atoms with Gasteiger partial charge < -0.3 is 0 Å². The zero-order valence-electron chi connectivity index (χ0n) is 9.58. The van der Waals surface area contributed by atoms with Gasteiger partial charge in [-0.3, -0.25) is 0 Å². The van der Waals surface area contributed by atoms with Crippen LogP contribution in [0, 0.1) is 20.0 Å². The fraction of sp³-hybridized carbons (Fsp3) is 0.0769. The Morgan fingerprint density at radius 2 is 1.50 bits per heavy atom. The number of hydrogen-bond donors (Lipinski definition) is 0. The number of ether oxygens (including phenoxy) is 1. The molecule has 0 unspecified atom stereocenters. The molecule has 0 saturated carbocycles. The van der Waals surface area contributed by atoms with E-state index >= 15 is 0 Å². The van der Waals surface area contributed by atoms with Crippen molar-refractivity contribution in [3.05, 3.63) is 61.9 Å². The second-order valence-corrected chi connectivity index (χ2v) is 2.90. The molecule has 0 saturated heterocycles. The van der Waals surface area contributed by atoms with Crippen LogP contribution in [0.5, 0.6) is 0 Å². The van der Waals surface area contributed by atoms with Crippen molar-refractivity contribution in [2.45, 2.75) is 0 Å². The summed E-state index contributed by atoms with van der Waals surface area (Å²) in [5, 5.41) is 0. The normalized spacial score (nSPS) is 7.28. The Morgan fingerprint density at radius 1 is 1.06 bits per heavy atom. The molecule has 0 spiro atoms. The molecular weight excluding hydrogens is 272 g/mol. The molecule has 0 aromatic heterocycles. The summed E-state index contributed by atoms with van der Waals surface area (Å²) in [5.74, 6) is 0. The summed E-state index contributed by atoms with van der Waals surface area (Å²) in [4.78, 5) is 0. The van der Waals surface area contributed by atoms with Crippen molar-refractivity contribution in [2.24, 2.45) is 0 Å². The Bertz CT molecular complexity index is 376. The van der Waals surface area contributed by atoms with Crippen LogP contribution in [0.25, 0.3) is 6.08 Å². The third-order valence-corrected chi connectivity index (χ3v) is 1.89. The quantitative estimate of drug-likeness (QED) is 0.616. The topological polar surface area (TPSA) is 68.9 Å². The van der Waals surface area contributed by atoms with Crippen LogP contribution in [0.2, 0.25) is 0 Å². The molecule has 1 rings (SSSR count). The van der Waals surface area contributed by atoms with Gasteiger partial charge in [-0.1, -0.05) is 0 Å². The minimum absolute atomic E-state index is 0.791. The first kappa shape index (κ1) is 21.8. The number of rotatable bonds is 3. The molecule has 0 bridgehead atoms. The summed E-state index contributed by atoms with van der Waals surface area (Å²) in [6, 6.07) is 10.1. The van der Waals surface area contributed by atoms with Crippen LogP contribution in [0.1, 0.15) is 5.56 Å². The van der Waals surface area contributed by atoms with Crippen LogP contribution in [0.3, 0.4) is 0 Å². The second kappa shape index (κ2) is 20.9. The minimum atomic E-state index is 0.791. The predicted molar refractivity (Wildman–Crippen MR) is 59.3 cm³/mol. The van der Waals surface area contributed by atoms with Crippen molar-refractivity contribution in [3.8, 4) is 0 Å². The van der Waals surface area contributed by atoms with Crippen LogP contribution in [-0.4, -0.2) is 11.7 Å². The van der Waals surface area contributed by atoms with Gasteiger partial charge in [0.25, 0.3) is 0 Å². The van der Waals surface area contributed by atoms with E-state index in [0.29, 0.717) is 0 Å². The first-order chi connectivity index (χ1) is 8.83. The molecule has 0 atom stereocenters. The first-order valence-corrected chi connectivity index (χ1v) is 4.89. The van der Waals surface area contributed by atoms with E-state index in [2.05, 4.69) is 35.8 Å². The fourth-order valence-electron chi connectivity index (χ4n) is 0.796. The van der Waals surface area contributed by atoms with Crippen molar-refractivity contribution in [2.75, 3.05) is 7.11 Å². The van der Waals surface area contributed by atoms with Crippen LogP contribution < -0.4 is 0 Å². The average Bonchev–Trinajstić information content (AvgIpc) is 2.52. The van der Waals surface area contributed by atoms with Crippen molar-refractivity contribution in [3.63, 3.8) is 0 Å². The first-order valence-electron chi connectivity index (χ1n) is 4.25. The Kier molecular flexibility index (Phi) is 25.3. The van der Waals surface area contributed by atoms with Gasteiger partial charge in [-0.25, -0.2) is 0 Å². The molecule has 0 aliphatic carbocycles. The molecule has 18 heavy (non-hydrogen) atoms. The third kappa shape index (κ3) is 14.5. The van der Waals surface area contributed by atoms with E-state index < -0.39 is 0 Å². The number of methoxy groups -OCH3 is 1. The summed E-state index contributed by atoms with van der Waals surface area (Å²) in [6.45, 7) is 13.5. The number of benzene rings is 1. The molecule has 5 heteroatoms. The molecule has 0 radical (unpaired) electrons. The fourth-order valence-corrected chi connectivity index (χ4v) is 0.903. The Hall–Kier alpha value is -1.46. The Morgan fingerprint density at radius 3 is 1.89 bits per heavy atom. The van der Waals surface area contributed by atoms with E-state index in [1.54, 1.807) is 7.11 Å². The van der Waals surface area contributed by atoms with Crippen LogP contribution in [-0.2, 0) is 34.5 Å². The van der Waals surface area contributed by atoms with Gasteiger partial charge in [0.05, 0.1) is 0 Å². The van der Waals surface area contributed by atoms with E-state index in [-0.39, 0.29) is 0 Å². The van der Waals surface area contributed by atoms with Crippen LogP contribution in [0.4, 0.5) is 0 Å². The van der Waals surface area contributed by atoms with E-state index in [4.69, 9.17) is 18.7 Å². The molecule has 0 fully saturated rings. The Labute approximate surface area is 114 Å². The van der Waals surface area contributed by atoms with Crippen LogP contribution in [0.15, 0.2) is 36.4 Å². The molecule has 1 aromatic carbocycles. The van der Waals surface area contributed by atoms with Gasteiger partial charge in [-0.15, -0.1) is 0 Å². The van der Waals surface area contributed by atoms with E-state index in [1.807, 2.05) is 42.5 Å². The van der Waals surface area contributed by atoms with E-state index in [9.17, 15) is 0 Å². The van der Waals surface area contributed by atoms with Gasteiger partial charge in [-0.05, 0) is 0 Å². The molecule has 1 aromatic rings. The Balaban J connectivity index is -0.000000328. The summed E-state index contributed by atoms with van der Waals surface area (Å²) in [5.41, 5.74) is 1.17. The monoisotopic (exact) mass is 282 g/mol. The maximum absolute atomic E-state index is 7.50. The zero-order chi connectivity index (χ0) is 14.8. The number of hydrogen-bond acceptors (Lipinski definition) is 1. The van der Waals surface area contributed by atoms with E-state index in [0.717, 1.165) is 4.57 Å².